The van der Waals surface area contributed by atoms with Gasteiger partial charge >= 0.3 is 5.82 Å². The Kier molecular flexibility index (Phi) is 5.41. The van der Waals surface area contributed by atoms with E-state index in [0.717, 1.165) is 31.1 Å². The molecule has 9 nitrogen and oxygen atoms in total. The first kappa shape index (κ1) is 21.3. The van der Waals surface area contributed by atoms with Crippen LogP contribution >= 0.6 is 0 Å². The Bertz CT molecular complexity index is 1290. The fraction of sp³-hybridized carbons (Fsp3) is 0.364. The molecule has 1 aromatic carbocycles. The minimum Gasteiger partial charge on any atom is -0.486 e. The number of hydrogen-bond acceptors (Lipinski definition) is 7. The highest BCUT2D eigenvalue weighted by Gasteiger charge is 2.25. The van der Waals surface area contributed by atoms with E-state index in [1.165, 1.54) is 12.3 Å². The third-order valence-electron chi connectivity index (χ3n) is 6.15. The Balaban J connectivity index is 1.34. The first-order chi connectivity index (χ1) is 15.9. The summed E-state index contributed by atoms with van der Waals surface area (Å²) in [5.74, 6) is -2.60. The molecule has 1 unspecified atom stereocenters. The van der Waals surface area contributed by atoms with Crippen molar-refractivity contribution in [2.45, 2.75) is 32.0 Å². The lowest BCUT2D eigenvalue weighted by atomic mass is 10.0. The lowest BCUT2D eigenvalue weighted by Gasteiger charge is -2.34. The Morgan fingerprint density at radius 2 is 2.15 bits per heavy atom. The van der Waals surface area contributed by atoms with Gasteiger partial charge in [-0.05, 0) is 34.9 Å². The van der Waals surface area contributed by atoms with Crippen LogP contribution in [-0.4, -0.2) is 40.2 Å². The Morgan fingerprint density at radius 3 is 2.91 bits per heavy atom. The minimum atomic E-state index is -1.10. The maximum atomic E-state index is 14.1. The monoisotopic (exact) mass is 457 g/mol. The van der Waals surface area contributed by atoms with Gasteiger partial charge in [0.15, 0.2) is 23.2 Å². The molecule has 2 aliphatic rings. The predicted octanol–water partition coefficient (Wildman–Crippen LogP) is 2.73. The molecule has 1 N–H and O–H groups in total. The molecular weight excluding hydrogens is 436 g/mol. The number of ether oxygens (including phenoxy) is 1. The Morgan fingerprint density at radius 1 is 1.30 bits per heavy atom. The van der Waals surface area contributed by atoms with E-state index in [1.807, 2.05) is 0 Å². The molecule has 2 aromatic heterocycles. The topological polar surface area (TPSA) is 103 Å². The van der Waals surface area contributed by atoms with Gasteiger partial charge in [-0.3, -0.25) is 4.79 Å². The fourth-order valence-corrected chi connectivity index (χ4v) is 4.52. The molecule has 0 aliphatic carbocycles. The van der Waals surface area contributed by atoms with Gasteiger partial charge < -0.3 is 29.6 Å². The highest BCUT2D eigenvalue weighted by Crippen LogP contribution is 2.32. The molecule has 0 saturated carbocycles. The van der Waals surface area contributed by atoms with Gasteiger partial charge in [0.25, 0.3) is 0 Å². The molecule has 0 amide bonds. The smallest absolute Gasteiger partial charge is 0.363 e. The van der Waals surface area contributed by atoms with E-state index in [0.29, 0.717) is 18.7 Å². The van der Waals surface area contributed by atoms with Crippen LogP contribution in [0.2, 0.25) is 0 Å². The van der Waals surface area contributed by atoms with Crippen LogP contribution in [0.1, 0.15) is 18.4 Å². The van der Waals surface area contributed by atoms with Gasteiger partial charge in [0.2, 0.25) is 5.82 Å². The van der Waals surface area contributed by atoms with Crippen LogP contribution in [0.3, 0.4) is 0 Å². The number of anilines is 1. The zero-order valence-corrected chi connectivity index (χ0v) is 17.6. The number of aromatic nitrogens is 2. The van der Waals surface area contributed by atoms with Crippen LogP contribution in [0.15, 0.2) is 35.4 Å². The van der Waals surface area contributed by atoms with Crippen LogP contribution < -0.4 is 20.4 Å². The molecule has 0 bridgehead atoms. The number of rotatable bonds is 5. The summed E-state index contributed by atoms with van der Waals surface area (Å²) < 4.78 is 35.2. The van der Waals surface area contributed by atoms with Crippen LogP contribution in [0, 0.1) is 21.7 Å². The zero-order valence-electron chi connectivity index (χ0n) is 17.6. The van der Waals surface area contributed by atoms with Gasteiger partial charge in [-0.25, -0.2) is 4.39 Å². The molecule has 1 atom stereocenters. The average molecular weight is 457 g/mol. The molecule has 3 aromatic rings. The van der Waals surface area contributed by atoms with Crippen LogP contribution in [0.5, 0.6) is 5.75 Å². The van der Waals surface area contributed by atoms with E-state index in [4.69, 9.17) is 4.74 Å². The SMILES string of the molecule is O=c1c(CNC2CCCN(c3ccc([N+](=O)[O-])nc3)C2)cn2c3c(c(F)c(F)cc13)OCC2. The van der Waals surface area contributed by atoms with Crippen LogP contribution in [0.25, 0.3) is 10.9 Å². The number of halogens is 2. The summed E-state index contributed by atoms with van der Waals surface area (Å²) in [6.45, 7) is 2.36. The normalized spacial score (nSPS) is 17.8. The average Bonchev–Trinajstić information content (AvgIpc) is 2.83. The van der Waals surface area contributed by atoms with Crippen molar-refractivity contribution in [2.24, 2.45) is 0 Å². The van der Waals surface area contributed by atoms with Crippen LogP contribution in [-0.2, 0) is 13.1 Å². The summed E-state index contributed by atoms with van der Waals surface area (Å²) >= 11 is 0. The molecule has 33 heavy (non-hydrogen) atoms. The van der Waals surface area contributed by atoms with Crippen LogP contribution in [0.4, 0.5) is 20.3 Å². The van der Waals surface area contributed by atoms with E-state index in [1.54, 1.807) is 16.8 Å². The van der Waals surface area contributed by atoms with Crippen molar-refractivity contribution < 1.29 is 18.4 Å². The maximum absolute atomic E-state index is 14.1. The summed E-state index contributed by atoms with van der Waals surface area (Å²) in [5, 5.41) is 14.3. The first-order valence-corrected chi connectivity index (χ1v) is 10.7. The number of pyridine rings is 2. The number of benzene rings is 1. The van der Waals surface area contributed by atoms with Crippen molar-refractivity contribution in [3.05, 3.63) is 68.1 Å². The largest absolute Gasteiger partial charge is 0.486 e. The molecule has 0 spiro atoms. The highest BCUT2D eigenvalue weighted by atomic mass is 19.2. The van der Waals surface area contributed by atoms with Crippen molar-refractivity contribution in [3.8, 4) is 5.75 Å². The number of hydrogen-bond donors (Lipinski definition) is 1. The number of nitro groups is 1. The zero-order chi connectivity index (χ0) is 23.1. The number of piperidine rings is 1. The standard InChI is InChI=1S/C22H21F2N5O4/c23-17-8-16-20-22(19(17)24)33-7-6-28(20)11-13(21(16)30)9-25-14-2-1-5-27(12-14)15-3-4-18(26-10-15)29(31)32/h3-4,8,10-11,14,25H,1-2,5-7,9,12H2. The second-order valence-electron chi connectivity index (χ2n) is 8.22. The van der Waals surface area contributed by atoms with E-state index < -0.39 is 16.6 Å². The predicted molar refractivity (Wildman–Crippen MR) is 117 cm³/mol. The summed E-state index contributed by atoms with van der Waals surface area (Å²) in [5.41, 5.74) is 1.19. The van der Waals surface area contributed by atoms with Gasteiger partial charge in [0.1, 0.15) is 6.61 Å². The van der Waals surface area contributed by atoms with Crippen molar-refractivity contribution in [3.63, 3.8) is 0 Å². The molecule has 4 heterocycles. The van der Waals surface area contributed by atoms with Gasteiger partial charge in [0, 0.05) is 43.5 Å². The quantitative estimate of drug-likeness (QED) is 0.464. The van der Waals surface area contributed by atoms with Crippen molar-refractivity contribution in [2.75, 3.05) is 24.6 Å². The number of nitrogens with zero attached hydrogens (tertiary/aromatic N) is 4. The van der Waals surface area contributed by atoms with Crippen molar-refractivity contribution >= 4 is 22.4 Å². The second kappa shape index (κ2) is 8.39. The Labute approximate surface area is 186 Å². The molecular formula is C22H21F2N5O4. The van der Waals surface area contributed by atoms with E-state index in [2.05, 4.69) is 15.2 Å². The Hall–Kier alpha value is -3.60. The summed E-state index contributed by atoms with van der Waals surface area (Å²) in [6, 6.07) is 4.08. The second-order valence-corrected chi connectivity index (χ2v) is 8.22. The van der Waals surface area contributed by atoms with E-state index in [-0.39, 0.29) is 47.1 Å². The number of nitrogens with one attached hydrogen (secondary N) is 1. The minimum absolute atomic E-state index is 0.0780. The molecule has 5 rings (SSSR count). The van der Waals surface area contributed by atoms with Gasteiger partial charge in [-0.15, -0.1) is 0 Å². The summed E-state index contributed by atoms with van der Waals surface area (Å²) in [7, 11) is 0. The van der Waals surface area contributed by atoms with E-state index >= 15 is 0 Å². The molecule has 1 saturated heterocycles. The lowest BCUT2D eigenvalue weighted by Crippen LogP contribution is -2.46. The molecule has 11 heteroatoms. The summed E-state index contributed by atoms with van der Waals surface area (Å²) in [4.78, 5) is 29.3. The molecule has 172 valence electrons. The fourth-order valence-electron chi connectivity index (χ4n) is 4.52. The lowest BCUT2D eigenvalue weighted by molar-refractivity contribution is -0.389. The van der Waals surface area contributed by atoms with Gasteiger partial charge in [-0.2, -0.15) is 4.39 Å². The maximum Gasteiger partial charge on any atom is 0.363 e. The van der Waals surface area contributed by atoms with Gasteiger partial charge in [-0.1, -0.05) is 0 Å². The molecule has 2 aliphatic heterocycles. The molecule has 1 fully saturated rings. The first-order valence-electron chi connectivity index (χ1n) is 10.7. The third kappa shape index (κ3) is 3.88. The summed E-state index contributed by atoms with van der Waals surface area (Å²) in [6.07, 6.45) is 4.98. The highest BCUT2D eigenvalue weighted by molar-refractivity contribution is 5.86. The van der Waals surface area contributed by atoms with Crippen molar-refractivity contribution in [1.29, 1.82) is 0 Å². The van der Waals surface area contributed by atoms with Gasteiger partial charge in [0.05, 0.1) is 23.1 Å². The van der Waals surface area contributed by atoms with Crippen molar-refractivity contribution in [1.82, 2.24) is 14.9 Å². The third-order valence-corrected chi connectivity index (χ3v) is 6.15. The molecule has 0 radical (unpaired) electrons. The van der Waals surface area contributed by atoms with E-state index in [9.17, 15) is 23.7 Å².